The number of anilines is 1. The largest absolute Gasteiger partial charge is 0.385 e. The summed E-state index contributed by atoms with van der Waals surface area (Å²) in [5.41, 5.74) is 2.84. The third-order valence-corrected chi connectivity index (χ3v) is 7.07. The molecule has 0 atom stereocenters. The first-order valence-electron chi connectivity index (χ1n) is 11.2. The molecular weight excluding hydrogens is 314 g/mol. The van der Waals surface area contributed by atoms with Gasteiger partial charge in [0.15, 0.2) is 0 Å². The molecule has 1 aromatic rings. The van der Waals surface area contributed by atoms with Crippen molar-refractivity contribution in [3.05, 3.63) is 42.5 Å². The van der Waals surface area contributed by atoms with Crippen LogP contribution in [0.2, 0.25) is 0 Å². The smallest absolute Gasteiger partial charge is 0.0340 e. The van der Waals surface area contributed by atoms with Crippen LogP contribution in [0.4, 0.5) is 5.69 Å². The van der Waals surface area contributed by atoms with Gasteiger partial charge in [0.1, 0.15) is 0 Å². The molecule has 0 radical (unpaired) electrons. The Balaban J connectivity index is 1.42. The number of rotatable bonds is 8. The van der Waals surface area contributed by atoms with E-state index in [1.54, 1.807) is 5.56 Å². The van der Waals surface area contributed by atoms with Gasteiger partial charge in [0.2, 0.25) is 0 Å². The van der Waals surface area contributed by atoms with Gasteiger partial charge in [0, 0.05) is 12.2 Å². The van der Waals surface area contributed by atoms with Crippen LogP contribution in [0, 0.1) is 17.8 Å². The topological polar surface area (TPSA) is 12.0 Å². The summed E-state index contributed by atoms with van der Waals surface area (Å²) in [4.78, 5) is 0. The van der Waals surface area contributed by atoms with E-state index in [4.69, 9.17) is 0 Å². The van der Waals surface area contributed by atoms with Crippen molar-refractivity contribution in [3.63, 3.8) is 0 Å². The van der Waals surface area contributed by atoms with Crippen molar-refractivity contribution >= 4 is 5.69 Å². The lowest BCUT2D eigenvalue weighted by atomic mass is 9.68. The first kappa shape index (κ1) is 19.5. The zero-order chi connectivity index (χ0) is 18.2. The Kier molecular flexibility index (Phi) is 7.65. The van der Waals surface area contributed by atoms with Gasteiger partial charge >= 0.3 is 0 Å². The Hall–Kier alpha value is -1.24. The fourth-order valence-electron chi connectivity index (χ4n) is 5.37. The molecule has 0 heterocycles. The van der Waals surface area contributed by atoms with Crippen molar-refractivity contribution in [1.29, 1.82) is 0 Å². The molecule has 2 saturated carbocycles. The predicted octanol–water partition coefficient (Wildman–Crippen LogP) is 7.55. The lowest BCUT2D eigenvalue weighted by Gasteiger charge is -2.38. The molecule has 144 valence electrons. The lowest BCUT2D eigenvalue weighted by Crippen LogP contribution is -2.25. The minimum absolute atomic E-state index is 0.801. The molecule has 0 bridgehead atoms. The molecule has 3 rings (SSSR count). The first-order valence-corrected chi connectivity index (χ1v) is 11.2. The highest BCUT2D eigenvalue weighted by atomic mass is 14.9. The molecule has 0 unspecified atom stereocenters. The highest BCUT2D eigenvalue weighted by molar-refractivity contribution is 5.45. The average molecular weight is 354 g/mol. The van der Waals surface area contributed by atoms with Crippen LogP contribution in [0.25, 0.3) is 0 Å². The van der Waals surface area contributed by atoms with E-state index < -0.39 is 0 Å². The Morgan fingerprint density at radius 3 is 2.12 bits per heavy atom. The van der Waals surface area contributed by atoms with Crippen molar-refractivity contribution in [3.8, 4) is 0 Å². The summed E-state index contributed by atoms with van der Waals surface area (Å²) < 4.78 is 0. The molecule has 0 aliphatic heterocycles. The molecule has 0 amide bonds. The summed E-state index contributed by atoms with van der Waals surface area (Å²) in [6.45, 7) is 7.17. The van der Waals surface area contributed by atoms with Gasteiger partial charge in [-0.05, 0) is 99.2 Å². The summed E-state index contributed by atoms with van der Waals surface area (Å²) in [6.07, 6.45) is 17.6. The summed E-state index contributed by atoms with van der Waals surface area (Å²) in [6, 6.07) is 9.30. The summed E-state index contributed by atoms with van der Waals surface area (Å²) >= 11 is 0. The van der Waals surface area contributed by atoms with Crippen LogP contribution in [-0.2, 0) is 0 Å². The maximum atomic E-state index is 3.88. The van der Waals surface area contributed by atoms with Crippen LogP contribution in [0.5, 0.6) is 0 Å². The van der Waals surface area contributed by atoms with E-state index in [0.29, 0.717) is 0 Å². The second-order valence-corrected chi connectivity index (χ2v) is 8.81. The molecule has 1 heteroatoms. The molecule has 0 aromatic heterocycles. The standard InChI is InChI=1S/C25H39N/c1-3-5-6-20-7-9-21(10-8-20)22-11-13-23(14-12-22)24-15-17-25(18-16-24)26-19-4-2/h3,15-18,20-23,26H,1,4-14,19H2,2H3. The molecule has 2 fully saturated rings. The van der Waals surface area contributed by atoms with Gasteiger partial charge in [-0.1, -0.05) is 38.0 Å². The minimum Gasteiger partial charge on any atom is -0.385 e. The summed E-state index contributed by atoms with van der Waals surface area (Å²) in [7, 11) is 0. The van der Waals surface area contributed by atoms with Gasteiger partial charge in [0.05, 0.1) is 0 Å². The third-order valence-electron chi connectivity index (χ3n) is 7.07. The zero-order valence-corrected chi connectivity index (χ0v) is 16.9. The molecule has 2 aliphatic carbocycles. The van der Waals surface area contributed by atoms with Crippen molar-refractivity contribution in [2.45, 2.75) is 83.5 Å². The highest BCUT2D eigenvalue weighted by Gasteiger charge is 2.31. The monoisotopic (exact) mass is 353 g/mol. The fraction of sp³-hybridized carbons (Fsp3) is 0.680. The van der Waals surface area contributed by atoms with E-state index in [-0.39, 0.29) is 0 Å². The van der Waals surface area contributed by atoms with Crippen molar-refractivity contribution in [2.75, 3.05) is 11.9 Å². The van der Waals surface area contributed by atoms with Crippen LogP contribution in [0.15, 0.2) is 36.9 Å². The summed E-state index contributed by atoms with van der Waals surface area (Å²) in [5.74, 6) is 3.82. The molecule has 0 spiro atoms. The molecular formula is C25H39N. The Morgan fingerprint density at radius 1 is 0.923 bits per heavy atom. The Labute approximate surface area is 161 Å². The van der Waals surface area contributed by atoms with E-state index >= 15 is 0 Å². The minimum atomic E-state index is 0.801. The van der Waals surface area contributed by atoms with Crippen molar-refractivity contribution in [2.24, 2.45) is 17.8 Å². The SMILES string of the molecule is C=CCCC1CCC(C2CCC(c3ccc(NCCC)cc3)CC2)CC1. The van der Waals surface area contributed by atoms with E-state index in [2.05, 4.69) is 49.2 Å². The van der Waals surface area contributed by atoms with Crippen LogP contribution in [0.3, 0.4) is 0 Å². The molecule has 2 aliphatic rings. The highest BCUT2D eigenvalue weighted by Crippen LogP contribution is 2.44. The van der Waals surface area contributed by atoms with E-state index in [9.17, 15) is 0 Å². The zero-order valence-electron chi connectivity index (χ0n) is 16.9. The quantitative estimate of drug-likeness (QED) is 0.475. The predicted molar refractivity (Wildman–Crippen MR) is 115 cm³/mol. The fourth-order valence-corrected chi connectivity index (χ4v) is 5.37. The van der Waals surface area contributed by atoms with Gasteiger partial charge in [0.25, 0.3) is 0 Å². The maximum absolute atomic E-state index is 3.88. The normalized spacial score (nSPS) is 29.3. The van der Waals surface area contributed by atoms with Gasteiger partial charge in [-0.2, -0.15) is 0 Å². The first-order chi connectivity index (χ1) is 12.8. The van der Waals surface area contributed by atoms with Crippen LogP contribution >= 0.6 is 0 Å². The second-order valence-electron chi connectivity index (χ2n) is 8.81. The molecule has 26 heavy (non-hydrogen) atoms. The molecule has 0 saturated heterocycles. The number of nitrogens with one attached hydrogen (secondary N) is 1. The van der Waals surface area contributed by atoms with Gasteiger partial charge in [-0.15, -0.1) is 6.58 Å². The molecule has 1 nitrogen and oxygen atoms in total. The lowest BCUT2D eigenvalue weighted by molar-refractivity contribution is 0.157. The number of hydrogen-bond donors (Lipinski definition) is 1. The average Bonchev–Trinajstić information content (AvgIpc) is 2.72. The number of allylic oxidation sites excluding steroid dienone is 1. The second kappa shape index (κ2) is 10.2. The Morgan fingerprint density at radius 2 is 1.54 bits per heavy atom. The van der Waals surface area contributed by atoms with Gasteiger partial charge in [-0.3, -0.25) is 0 Å². The van der Waals surface area contributed by atoms with E-state index in [0.717, 1.165) is 30.2 Å². The molecule has 1 N–H and O–H groups in total. The van der Waals surface area contributed by atoms with Gasteiger partial charge in [-0.25, -0.2) is 0 Å². The van der Waals surface area contributed by atoms with Crippen LogP contribution < -0.4 is 5.32 Å². The van der Waals surface area contributed by atoms with Crippen molar-refractivity contribution < 1.29 is 0 Å². The molecule has 1 aromatic carbocycles. The van der Waals surface area contributed by atoms with Crippen LogP contribution in [0.1, 0.15) is 89.0 Å². The van der Waals surface area contributed by atoms with Crippen molar-refractivity contribution in [1.82, 2.24) is 0 Å². The van der Waals surface area contributed by atoms with Gasteiger partial charge < -0.3 is 5.32 Å². The third kappa shape index (κ3) is 5.38. The van der Waals surface area contributed by atoms with E-state index in [1.807, 2.05) is 0 Å². The number of hydrogen-bond acceptors (Lipinski definition) is 1. The summed E-state index contributed by atoms with van der Waals surface area (Å²) in [5, 5.41) is 3.49. The maximum Gasteiger partial charge on any atom is 0.0340 e. The van der Waals surface area contributed by atoms with E-state index in [1.165, 1.54) is 76.3 Å². The Bertz CT molecular complexity index is 516. The van der Waals surface area contributed by atoms with Crippen LogP contribution in [-0.4, -0.2) is 6.54 Å². The number of benzene rings is 1.